The fraction of sp³-hybridized carbons (Fsp3) is 0.538. The third-order valence-electron chi connectivity index (χ3n) is 2.46. The molecule has 0 saturated heterocycles. The second kappa shape index (κ2) is 8.06. The lowest BCUT2D eigenvalue weighted by molar-refractivity contribution is 0.340. The highest BCUT2D eigenvalue weighted by molar-refractivity contribution is 5.27. The van der Waals surface area contributed by atoms with Crippen molar-refractivity contribution in [3.8, 4) is 5.75 Å². The van der Waals surface area contributed by atoms with Gasteiger partial charge in [0, 0.05) is 25.7 Å². The first kappa shape index (κ1) is 14.0. The fourth-order valence-electron chi connectivity index (χ4n) is 1.65. The van der Waals surface area contributed by atoms with Crippen molar-refractivity contribution in [3.05, 3.63) is 29.8 Å². The molecular formula is C13H23N3O. The zero-order chi connectivity index (χ0) is 12.5. The van der Waals surface area contributed by atoms with E-state index in [0.717, 1.165) is 25.3 Å². The summed E-state index contributed by atoms with van der Waals surface area (Å²) in [5, 5.41) is 3.21. The number of nitrogens with one attached hydrogen (secondary N) is 1. The molecule has 4 nitrogen and oxygen atoms in total. The topological polar surface area (TPSA) is 73.3 Å². The highest BCUT2D eigenvalue weighted by Crippen LogP contribution is 2.12. The Morgan fingerprint density at radius 3 is 2.59 bits per heavy atom. The minimum atomic E-state index is 0.125. The first-order chi connectivity index (χ1) is 8.26. The summed E-state index contributed by atoms with van der Waals surface area (Å²) in [6.45, 7) is 4.94. The van der Waals surface area contributed by atoms with E-state index in [-0.39, 0.29) is 6.04 Å². The summed E-state index contributed by atoms with van der Waals surface area (Å²) < 4.78 is 5.39. The van der Waals surface area contributed by atoms with Crippen LogP contribution in [0.2, 0.25) is 0 Å². The lowest BCUT2D eigenvalue weighted by atomic mass is 10.1. The smallest absolute Gasteiger partial charge is 0.119 e. The van der Waals surface area contributed by atoms with Crippen LogP contribution >= 0.6 is 0 Å². The highest BCUT2D eigenvalue weighted by atomic mass is 16.5. The first-order valence-corrected chi connectivity index (χ1v) is 6.14. The summed E-state index contributed by atoms with van der Waals surface area (Å²) in [5.74, 6) is 0.908. The lowest BCUT2D eigenvalue weighted by Gasteiger charge is -2.12. The van der Waals surface area contributed by atoms with Crippen molar-refractivity contribution < 1.29 is 4.74 Å². The van der Waals surface area contributed by atoms with Crippen molar-refractivity contribution in [1.29, 1.82) is 0 Å². The Kier molecular flexibility index (Phi) is 6.62. The molecule has 0 aliphatic heterocycles. The van der Waals surface area contributed by atoms with Crippen molar-refractivity contribution in [3.63, 3.8) is 0 Å². The van der Waals surface area contributed by atoms with Crippen LogP contribution in [-0.4, -0.2) is 32.3 Å². The maximum atomic E-state index is 6.01. The number of hydrogen-bond donors (Lipinski definition) is 3. The molecule has 0 saturated carbocycles. The minimum absolute atomic E-state index is 0.125. The molecule has 1 unspecified atom stereocenters. The maximum absolute atomic E-state index is 6.01. The van der Waals surface area contributed by atoms with Gasteiger partial charge >= 0.3 is 0 Å². The van der Waals surface area contributed by atoms with Gasteiger partial charge in [0.05, 0.1) is 6.61 Å². The Balaban J connectivity index is 2.34. The molecule has 0 bridgehead atoms. The third kappa shape index (κ3) is 5.68. The third-order valence-corrected chi connectivity index (χ3v) is 2.46. The molecule has 5 N–H and O–H groups in total. The van der Waals surface area contributed by atoms with Crippen LogP contribution in [0.15, 0.2) is 24.3 Å². The molecule has 0 spiro atoms. The van der Waals surface area contributed by atoms with Crippen molar-refractivity contribution in [2.24, 2.45) is 11.5 Å². The van der Waals surface area contributed by atoms with Gasteiger partial charge in [0.2, 0.25) is 0 Å². The summed E-state index contributed by atoms with van der Waals surface area (Å²) in [5.41, 5.74) is 12.6. The molecule has 17 heavy (non-hydrogen) atoms. The van der Waals surface area contributed by atoms with Crippen LogP contribution in [0.3, 0.4) is 0 Å². The number of rotatable bonds is 8. The first-order valence-electron chi connectivity index (χ1n) is 6.14. The molecule has 4 heteroatoms. The summed E-state index contributed by atoms with van der Waals surface area (Å²) in [6, 6.07) is 8.22. The van der Waals surface area contributed by atoms with Crippen molar-refractivity contribution >= 4 is 0 Å². The quantitative estimate of drug-likeness (QED) is 0.576. The van der Waals surface area contributed by atoms with Gasteiger partial charge < -0.3 is 21.5 Å². The van der Waals surface area contributed by atoms with Crippen LogP contribution in [-0.2, 0) is 6.42 Å². The second-order valence-corrected chi connectivity index (χ2v) is 4.03. The van der Waals surface area contributed by atoms with Gasteiger partial charge in [0.1, 0.15) is 5.75 Å². The Labute approximate surface area is 103 Å². The van der Waals surface area contributed by atoms with E-state index in [4.69, 9.17) is 16.2 Å². The van der Waals surface area contributed by atoms with Crippen molar-refractivity contribution in [1.82, 2.24) is 5.32 Å². The largest absolute Gasteiger partial charge is 0.494 e. The van der Waals surface area contributed by atoms with Gasteiger partial charge in [-0.2, -0.15) is 0 Å². The molecular weight excluding hydrogens is 214 g/mol. The molecule has 1 atom stereocenters. The molecule has 0 fully saturated rings. The van der Waals surface area contributed by atoms with E-state index in [1.807, 2.05) is 19.1 Å². The predicted molar refractivity (Wildman–Crippen MR) is 71.2 cm³/mol. The second-order valence-electron chi connectivity index (χ2n) is 4.03. The molecule has 0 heterocycles. The van der Waals surface area contributed by atoms with Crippen LogP contribution in [0.5, 0.6) is 5.75 Å². The SMILES string of the molecule is CCOc1ccc(CC(N)CNCCN)cc1. The Bertz CT molecular complexity index is 300. The van der Waals surface area contributed by atoms with Crippen LogP contribution in [0, 0.1) is 0 Å². The molecule has 0 aliphatic carbocycles. The lowest BCUT2D eigenvalue weighted by Crippen LogP contribution is -2.37. The standard InChI is InChI=1S/C13H23N3O/c1-2-17-13-5-3-11(4-6-13)9-12(15)10-16-8-7-14/h3-6,12,16H,2,7-10,14-15H2,1H3. The molecule has 96 valence electrons. The zero-order valence-corrected chi connectivity index (χ0v) is 10.5. The van der Waals surface area contributed by atoms with Gasteiger partial charge in [-0.15, -0.1) is 0 Å². The van der Waals surface area contributed by atoms with Gasteiger partial charge in [-0.05, 0) is 31.0 Å². The number of nitrogens with two attached hydrogens (primary N) is 2. The fourth-order valence-corrected chi connectivity index (χ4v) is 1.65. The predicted octanol–water partition coefficient (Wildman–Crippen LogP) is 0.503. The summed E-state index contributed by atoms with van der Waals surface area (Å²) in [6.07, 6.45) is 0.865. The van der Waals surface area contributed by atoms with E-state index >= 15 is 0 Å². The van der Waals surface area contributed by atoms with Crippen molar-refractivity contribution in [2.75, 3.05) is 26.2 Å². The molecule has 0 aliphatic rings. The molecule has 1 aromatic rings. The van der Waals surface area contributed by atoms with E-state index in [0.29, 0.717) is 13.2 Å². The van der Waals surface area contributed by atoms with Gasteiger partial charge in [-0.3, -0.25) is 0 Å². The van der Waals surface area contributed by atoms with E-state index in [9.17, 15) is 0 Å². The minimum Gasteiger partial charge on any atom is -0.494 e. The average molecular weight is 237 g/mol. The number of hydrogen-bond acceptors (Lipinski definition) is 4. The van der Waals surface area contributed by atoms with Gasteiger partial charge in [-0.25, -0.2) is 0 Å². The van der Waals surface area contributed by atoms with Gasteiger partial charge in [0.25, 0.3) is 0 Å². The summed E-state index contributed by atoms with van der Waals surface area (Å²) in [7, 11) is 0. The highest BCUT2D eigenvalue weighted by Gasteiger charge is 2.03. The van der Waals surface area contributed by atoms with E-state index < -0.39 is 0 Å². The zero-order valence-electron chi connectivity index (χ0n) is 10.5. The molecule has 0 radical (unpaired) electrons. The monoisotopic (exact) mass is 237 g/mol. The normalized spacial score (nSPS) is 12.4. The van der Waals surface area contributed by atoms with E-state index in [1.54, 1.807) is 0 Å². The number of benzene rings is 1. The maximum Gasteiger partial charge on any atom is 0.119 e. The van der Waals surface area contributed by atoms with Crippen LogP contribution in [0.25, 0.3) is 0 Å². The Morgan fingerprint density at radius 1 is 1.29 bits per heavy atom. The van der Waals surface area contributed by atoms with Crippen LogP contribution in [0.4, 0.5) is 0 Å². The van der Waals surface area contributed by atoms with Crippen LogP contribution < -0.4 is 21.5 Å². The molecule has 1 rings (SSSR count). The average Bonchev–Trinajstić information content (AvgIpc) is 2.32. The number of ether oxygens (including phenoxy) is 1. The Morgan fingerprint density at radius 2 is 2.00 bits per heavy atom. The molecule has 0 amide bonds. The molecule has 0 aromatic heterocycles. The van der Waals surface area contributed by atoms with Crippen molar-refractivity contribution in [2.45, 2.75) is 19.4 Å². The summed E-state index contributed by atoms with van der Waals surface area (Å²) in [4.78, 5) is 0. The Hall–Kier alpha value is -1.10. The van der Waals surface area contributed by atoms with Crippen LogP contribution in [0.1, 0.15) is 12.5 Å². The summed E-state index contributed by atoms with van der Waals surface area (Å²) >= 11 is 0. The van der Waals surface area contributed by atoms with E-state index in [2.05, 4.69) is 17.4 Å². The van der Waals surface area contributed by atoms with E-state index in [1.165, 1.54) is 5.56 Å². The molecule has 1 aromatic carbocycles. The van der Waals surface area contributed by atoms with Gasteiger partial charge in [-0.1, -0.05) is 12.1 Å². The van der Waals surface area contributed by atoms with Gasteiger partial charge in [0.15, 0.2) is 0 Å².